The predicted molar refractivity (Wildman–Crippen MR) is 47.8 cm³/mol. The third kappa shape index (κ3) is 2.50. The molecular formula is C10H18O2. The fourth-order valence-corrected chi connectivity index (χ4v) is 1.72. The highest BCUT2D eigenvalue weighted by atomic mass is 16.5. The molecule has 1 fully saturated rings. The van der Waals surface area contributed by atoms with Crippen LogP contribution in [0.5, 0.6) is 0 Å². The van der Waals surface area contributed by atoms with Crippen molar-refractivity contribution in [3.05, 3.63) is 0 Å². The van der Waals surface area contributed by atoms with Crippen molar-refractivity contribution in [3.8, 4) is 0 Å². The van der Waals surface area contributed by atoms with Crippen molar-refractivity contribution in [1.29, 1.82) is 0 Å². The summed E-state index contributed by atoms with van der Waals surface area (Å²) < 4.78 is 5.07. The average Bonchev–Trinajstić information content (AvgIpc) is 2.31. The molecule has 1 heterocycles. The van der Waals surface area contributed by atoms with Crippen LogP contribution in [0.2, 0.25) is 0 Å². The van der Waals surface area contributed by atoms with Gasteiger partial charge in [-0.3, -0.25) is 4.79 Å². The zero-order valence-electron chi connectivity index (χ0n) is 8.01. The third-order valence-electron chi connectivity index (χ3n) is 2.42. The third-order valence-corrected chi connectivity index (χ3v) is 2.42. The SMILES string of the molecule is CCCCCC1CC(C)OC1=O. The van der Waals surface area contributed by atoms with Crippen molar-refractivity contribution in [2.45, 2.75) is 52.1 Å². The van der Waals surface area contributed by atoms with Gasteiger partial charge in [-0.1, -0.05) is 26.2 Å². The fourth-order valence-electron chi connectivity index (χ4n) is 1.72. The monoisotopic (exact) mass is 170 g/mol. The van der Waals surface area contributed by atoms with Crippen LogP contribution in [0.1, 0.15) is 46.0 Å². The normalized spacial score (nSPS) is 29.0. The number of hydrogen-bond acceptors (Lipinski definition) is 2. The van der Waals surface area contributed by atoms with Crippen molar-refractivity contribution in [3.63, 3.8) is 0 Å². The molecule has 70 valence electrons. The Morgan fingerprint density at radius 2 is 2.25 bits per heavy atom. The van der Waals surface area contributed by atoms with Crippen LogP contribution in [0.3, 0.4) is 0 Å². The van der Waals surface area contributed by atoms with Crippen LogP contribution in [-0.4, -0.2) is 12.1 Å². The van der Waals surface area contributed by atoms with Crippen molar-refractivity contribution in [2.75, 3.05) is 0 Å². The lowest BCUT2D eigenvalue weighted by molar-refractivity contribution is -0.143. The molecule has 0 aliphatic carbocycles. The van der Waals surface area contributed by atoms with E-state index in [0.717, 1.165) is 12.8 Å². The van der Waals surface area contributed by atoms with Gasteiger partial charge in [0.1, 0.15) is 0 Å². The van der Waals surface area contributed by atoms with Gasteiger partial charge in [-0.25, -0.2) is 0 Å². The number of rotatable bonds is 4. The van der Waals surface area contributed by atoms with Gasteiger partial charge in [0.05, 0.1) is 12.0 Å². The second-order valence-electron chi connectivity index (χ2n) is 3.68. The van der Waals surface area contributed by atoms with E-state index in [1.54, 1.807) is 0 Å². The van der Waals surface area contributed by atoms with Gasteiger partial charge in [-0.05, 0) is 19.8 Å². The lowest BCUT2D eigenvalue weighted by Crippen LogP contribution is -2.06. The second kappa shape index (κ2) is 4.48. The highest BCUT2D eigenvalue weighted by molar-refractivity contribution is 5.74. The Balaban J connectivity index is 2.19. The van der Waals surface area contributed by atoms with E-state index in [1.807, 2.05) is 6.92 Å². The van der Waals surface area contributed by atoms with Gasteiger partial charge in [-0.2, -0.15) is 0 Å². The van der Waals surface area contributed by atoms with Crippen LogP contribution in [0.4, 0.5) is 0 Å². The minimum atomic E-state index is 0.0265. The molecule has 1 aliphatic rings. The van der Waals surface area contributed by atoms with Crippen molar-refractivity contribution in [1.82, 2.24) is 0 Å². The maximum atomic E-state index is 11.2. The second-order valence-corrected chi connectivity index (χ2v) is 3.68. The van der Waals surface area contributed by atoms with E-state index in [9.17, 15) is 4.79 Å². The molecule has 0 aromatic rings. The molecule has 1 aliphatic heterocycles. The quantitative estimate of drug-likeness (QED) is 0.478. The maximum Gasteiger partial charge on any atom is 0.309 e. The van der Waals surface area contributed by atoms with E-state index < -0.39 is 0 Å². The molecule has 0 bridgehead atoms. The van der Waals surface area contributed by atoms with E-state index in [0.29, 0.717) is 0 Å². The Bertz CT molecular complexity index is 154. The van der Waals surface area contributed by atoms with E-state index in [2.05, 4.69) is 6.92 Å². The summed E-state index contributed by atoms with van der Waals surface area (Å²) >= 11 is 0. The molecule has 1 rings (SSSR count). The topological polar surface area (TPSA) is 26.3 Å². The Morgan fingerprint density at radius 1 is 1.50 bits per heavy atom. The average molecular weight is 170 g/mol. The number of carbonyl (C=O) groups excluding carboxylic acids is 1. The molecule has 0 aromatic carbocycles. The summed E-state index contributed by atoms with van der Waals surface area (Å²) in [6, 6.07) is 0. The van der Waals surface area contributed by atoms with Crippen molar-refractivity contribution < 1.29 is 9.53 Å². The van der Waals surface area contributed by atoms with Gasteiger partial charge < -0.3 is 4.74 Å². The molecule has 0 amide bonds. The summed E-state index contributed by atoms with van der Waals surface area (Å²) in [7, 11) is 0. The summed E-state index contributed by atoms with van der Waals surface area (Å²) in [4.78, 5) is 11.2. The number of ether oxygens (including phenoxy) is 1. The Kier molecular flexibility index (Phi) is 3.57. The van der Waals surface area contributed by atoms with Gasteiger partial charge in [0.2, 0.25) is 0 Å². The van der Waals surface area contributed by atoms with Crippen molar-refractivity contribution in [2.24, 2.45) is 5.92 Å². The number of esters is 1. The van der Waals surface area contributed by atoms with Gasteiger partial charge in [-0.15, -0.1) is 0 Å². The Labute approximate surface area is 74.3 Å². The first kappa shape index (κ1) is 9.56. The smallest absolute Gasteiger partial charge is 0.309 e. The molecule has 0 radical (unpaired) electrons. The van der Waals surface area contributed by atoms with Gasteiger partial charge >= 0.3 is 5.97 Å². The fraction of sp³-hybridized carbons (Fsp3) is 0.900. The van der Waals surface area contributed by atoms with E-state index >= 15 is 0 Å². The molecule has 2 nitrogen and oxygen atoms in total. The molecule has 2 atom stereocenters. The molecule has 2 unspecified atom stereocenters. The zero-order valence-corrected chi connectivity index (χ0v) is 8.01. The van der Waals surface area contributed by atoms with Crippen LogP contribution in [-0.2, 0) is 9.53 Å². The first-order chi connectivity index (χ1) is 5.74. The van der Waals surface area contributed by atoms with Crippen LogP contribution >= 0.6 is 0 Å². The Morgan fingerprint density at radius 3 is 2.75 bits per heavy atom. The molecule has 0 aromatic heterocycles. The standard InChI is InChI=1S/C10H18O2/c1-3-4-5-6-9-7-8(2)12-10(9)11/h8-9H,3-7H2,1-2H3. The summed E-state index contributed by atoms with van der Waals surface area (Å²) in [6.07, 6.45) is 5.74. The Hall–Kier alpha value is -0.530. The number of unbranched alkanes of at least 4 members (excludes halogenated alkanes) is 2. The van der Waals surface area contributed by atoms with Crippen LogP contribution < -0.4 is 0 Å². The molecule has 12 heavy (non-hydrogen) atoms. The number of cyclic esters (lactones) is 1. The molecule has 0 saturated carbocycles. The molecule has 1 saturated heterocycles. The van der Waals surface area contributed by atoms with Crippen LogP contribution in [0, 0.1) is 5.92 Å². The lowest BCUT2D eigenvalue weighted by Gasteiger charge is -2.02. The van der Waals surface area contributed by atoms with E-state index in [4.69, 9.17) is 4.74 Å². The maximum absolute atomic E-state index is 11.2. The summed E-state index contributed by atoms with van der Waals surface area (Å²) in [5, 5.41) is 0. The molecule has 2 heteroatoms. The molecular weight excluding hydrogens is 152 g/mol. The molecule has 0 spiro atoms. The van der Waals surface area contributed by atoms with E-state index in [-0.39, 0.29) is 18.0 Å². The minimum Gasteiger partial charge on any atom is -0.462 e. The highest BCUT2D eigenvalue weighted by Crippen LogP contribution is 2.25. The molecule has 0 N–H and O–H groups in total. The minimum absolute atomic E-state index is 0.0265. The zero-order chi connectivity index (χ0) is 8.97. The summed E-state index contributed by atoms with van der Waals surface area (Å²) in [5.41, 5.74) is 0. The van der Waals surface area contributed by atoms with Gasteiger partial charge in [0.25, 0.3) is 0 Å². The summed E-state index contributed by atoms with van der Waals surface area (Å²) in [5.74, 6) is 0.227. The number of carbonyl (C=O) groups is 1. The van der Waals surface area contributed by atoms with Gasteiger partial charge in [0, 0.05) is 0 Å². The highest BCUT2D eigenvalue weighted by Gasteiger charge is 2.30. The lowest BCUT2D eigenvalue weighted by atomic mass is 9.98. The van der Waals surface area contributed by atoms with Crippen molar-refractivity contribution >= 4 is 5.97 Å². The van der Waals surface area contributed by atoms with Crippen LogP contribution in [0.15, 0.2) is 0 Å². The predicted octanol–water partition coefficient (Wildman–Crippen LogP) is 2.52. The van der Waals surface area contributed by atoms with Gasteiger partial charge in [0.15, 0.2) is 0 Å². The number of hydrogen-bond donors (Lipinski definition) is 0. The van der Waals surface area contributed by atoms with Crippen LogP contribution in [0.25, 0.3) is 0 Å². The summed E-state index contributed by atoms with van der Waals surface area (Å²) in [6.45, 7) is 4.15. The largest absolute Gasteiger partial charge is 0.462 e. The van der Waals surface area contributed by atoms with E-state index in [1.165, 1.54) is 19.3 Å². The first-order valence-electron chi connectivity index (χ1n) is 4.94. The first-order valence-corrected chi connectivity index (χ1v) is 4.94.